The summed E-state index contributed by atoms with van der Waals surface area (Å²) in [6, 6.07) is 7.57. The summed E-state index contributed by atoms with van der Waals surface area (Å²) in [5.41, 5.74) is -5.20. The van der Waals surface area contributed by atoms with E-state index in [4.69, 9.17) is 28.9 Å². The van der Waals surface area contributed by atoms with Crippen molar-refractivity contribution < 1.29 is 31.2 Å². The molecule has 0 unspecified atom stereocenters. The van der Waals surface area contributed by atoms with Gasteiger partial charge >= 0.3 is 11.2 Å². The van der Waals surface area contributed by atoms with Gasteiger partial charge in [-0.15, -0.1) is 0 Å². The van der Waals surface area contributed by atoms with Gasteiger partial charge < -0.3 is 9.66 Å². The van der Waals surface area contributed by atoms with Crippen molar-refractivity contribution in [3.63, 3.8) is 0 Å². The van der Waals surface area contributed by atoms with Crippen molar-refractivity contribution in [2.45, 2.75) is 5.51 Å². The van der Waals surface area contributed by atoms with Crippen LogP contribution < -0.4 is 0 Å². The Morgan fingerprint density at radius 1 is 1.30 bits per heavy atom. The number of nitriles is 2. The minimum Gasteiger partial charge on any atom is -0.741 e. The fourth-order valence-corrected chi connectivity index (χ4v) is 0.971. The Balaban J connectivity index is 0.000000515. The van der Waals surface area contributed by atoms with Crippen LogP contribution in [-0.4, -0.2) is 23.6 Å². The zero-order chi connectivity index (χ0) is 18.3. The van der Waals surface area contributed by atoms with E-state index in [0.29, 0.717) is 5.56 Å². The molecule has 0 aliphatic carbocycles. The first-order chi connectivity index (χ1) is 10.5. The highest BCUT2D eigenvalue weighted by Crippen LogP contribution is 2.27. The van der Waals surface area contributed by atoms with Crippen LogP contribution in [0.2, 0.25) is 0 Å². The van der Waals surface area contributed by atoms with Gasteiger partial charge in [0, 0.05) is 6.07 Å². The Labute approximate surface area is 127 Å². The van der Waals surface area contributed by atoms with E-state index in [1.165, 1.54) is 24.3 Å². The largest absolute Gasteiger partial charge is 0.741 e. The summed E-state index contributed by atoms with van der Waals surface area (Å²) < 4.78 is 58.9. The number of diazo groups is 1. The normalized spacial score (nSPS) is 10.1. The van der Waals surface area contributed by atoms with Gasteiger partial charge in [-0.1, -0.05) is 0 Å². The number of halogens is 3. The molecule has 0 bridgehead atoms. The van der Waals surface area contributed by atoms with Crippen LogP contribution in [0.3, 0.4) is 0 Å². The molecule has 0 fully saturated rings. The maximum Gasteiger partial charge on any atom is 0.485 e. The third-order valence-corrected chi connectivity index (χ3v) is 2.51. The number of rotatable bonds is 1. The van der Waals surface area contributed by atoms with Gasteiger partial charge in [-0.25, -0.2) is 8.42 Å². The van der Waals surface area contributed by atoms with Crippen LogP contribution in [0, 0.1) is 28.1 Å². The molecule has 0 amide bonds. The van der Waals surface area contributed by atoms with E-state index >= 15 is 0 Å². The topological polar surface area (TPSA) is 153 Å². The van der Waals surface area contributed by atoms with Crippen molar-refractivity contribution in [1.29, 1.82) is 15.9 Å². The third kappa shape index (κ3) is 6.44. The molecule has 1 rings (SSSR count). The molecule has 0 atom stereocenters. The molecular weight excluding hydrogens is 341 g/mol. The minimum atomic E-state index is -6.09. The molecule has 0 aliphatic rings. The van der Waals surface area contributed by atoms with Gasteiger partial charge in [0.05, 0.1) is 0 Å². The lowest BCUT2D eigenvalue weighted by Crippen LogP contribution is -2.21. The van der Waals surface area contributed by atoms with E-state index in [1.54, 1.807) is 12.1 Å². The summed E-state index contributed by atoms with van der Waals surface area (Å²) in [4.78, 5) is 2.83. The zero-order valence-electron chi connectivity index (χ0n) is 10.8. The molecule has 0 spiro atoms. The van der Waals surface area contributed by atoms with Gasteiger partial charge in [0.25, 0.3) is 0 Å². The molecule has 1 aromatic carbocycles. The van der Waals surface area contributed by atoms with Gasteiger partial charge in [-0.2, -0.15) is 23.7 Å². The third-order valence-electron chi connectivity index (χ3n) is 1.94. The fraction of sp³-hybridized carbons (Fsp3) is 0.0909. The summed E-state index contributed by atoms with van der Waals surface area (Å²) in [5, 5.41) is 34.7. The molecule has 1 N–H and O–H groups in total. The van der Waals surface area contributed by atoms with Crippen LogP contribution in [0.4, 0.5) is 18.9 Å². The Bertz CT molecular complexity index is 826. The number of hydrogen-bond acceptors (Lipinski definition) is 7. The number of phenols is 1. The van der Waals surface area contributed by atoms with Gasteiger partial charge in [-0.3, -0.25) is 0 Å². The zero-order valence-corrected chi connectivity index (χ0v) is 11.6. The predicted molar refractivity (Wildman–Crippen MR) is 67.8 cm³/mol. The molecule has 1 aromatic rings. The molecule has 0 heterocycles. The van der Waals surface area contributed by atoms with Crippen molar-refractivity contribution in [3.05, 3.63) is 34.3 Å². The van der Waals surface area contributed by atoms with Crippen LogP contribution in [0.5, 0.6) is 5.75 Å². The monoisotopic (exact) mass is 346 g/mol. The van der Waals surface area contributed by atoms with E-state index in [2.05, 4.69) is 4.98 Å². The second-order valence-corrected chi connectivity index (χ2v) is 4.90. The lowest BCUT2D eigenvalue weighted by Gasteiger charge is -2.08. The Morgan fingerprint density at radius 3 is 2.09 bits per heavy atom. The second-order valence-electron chi connectivity index (χ2n) is 3.53. The van der Waals surface area contributed by atoms with E-state index in [1.807, 2.05) is 0 Å². The first kappa shape index (κ1) is 19.9. The maximum atomic E-state index is 10.7. The summed E-state index contributed by atoms with van der Waals surface area (Å²) in [5.74, 6) is -0.221. The van der Waals surface area contributed by atoms with E-state index < -0.39 is 15.6 Å². The molecule has 23 heavy (non-hydrogen) atoms. The maximum absolute atomic E-state index is 10.7. The van der Waals surface area contributed by atoms with Crippen molar-refractivity contribution in [2.24, 2.45) is 0 Å². The van der Waals surface area contributed by atoms with Crippen molar-refractivity contribution in [2.75, 3.05) is 0 Å². The van der Waals surface area contributed by atoms with Crippen molar-refractivity contribution in [3.8, 4) is 17.9 Å². The van der Waals surface area contributed by atoms with E-state index in [0.717, 1.165) is 0 Å². The summed E-state index contributed by atoms with van der Waals surface area (Å²) in [7, 11) is -6.09. The lowest BCUT2D eigenvalue weighted by molar-refractivity contribution is -0.0517. The van der Waals surface area contributed by atoms with E-state index in [-0.39, 0.29) is 17.0 Å². The number of phenolic OH excluding ortho intramolecular Hbond substituents is 1. The predicted octanol–water partition coefficient (Wildman–Crippen LogP) is 2.36. The molecule has 0 saturated carbocycles. The highest BCUT2D eigenvalue weighted by Gasteiger charge is 2.36. The highest BCUT2D eigenvalue weighted by atomic mass is 32.2. The SMILES string of the molecule is N#CC(C#N)=Cc1ccc([N+]#N)c(O)c1.O=S(=O)([O-])C(F)(F)F. The average Bonchev–Trinajstić information content (AvgIpc) is 2.43. The summed E-state index contributed by atoms with van der Waals surface area (Å²) >= 11 is 0. The van der Waals surface area contributed by atoms with Crippen molar-refractivity contribution in [1.82, 2.24) is 0 Å². The van der Waals surface area contributed by atoms with Crippen LogP contribution >= 0.6 is 0 Å². The molecule has 0 aromatic heterocycles. The molecule has 0 saturated heterocycles. The van der Waals surface area contributed by atoms with E-state index in [9.17, 15) is 18.3 Å². The standard InChI is InChI=1S/C10H4N4O.CHF3O3S/c11-5-8(6-12)3-7-1-2-9(14-13)10(15)4-7;2-1(3,4)8(5,6)7/h1-4H;(H,5,6,7). The smallest absolute Gasteiger partial charge is 0.485 e. The van der Waals surface area contributed by atoms with Crippen LogP contribution in [0.1, 0.15) is 5.56 Å². The molecule has 120 valence electrons. The first-order valence-corrected chi connectivity index (χ1v) is 6.59. The molecule has 0 radical (unpaired) electrons. The van der Waals surface area contributed by atoms with Crippen LogP contribution in [0.15, 0.2) is 23.8 Å². The lowest BCUT2D eigenvalue weighted by atomic mass is 10.1. The number of nitrogens with zero attached hydrogens (tertiary/aromatic N) is 4. The molecular formula is C11H5F3N4O4S. The number of hydrogen-bond donors (Lipinski definition) is 1. The summed E-state index contributed by atoms with van der Waals surface area (Å²) in [6.45, 7) is 0. The molecule has 12 heteroatoms. The Hall–Kier alpha value is -3.14. The number of benzene rings is 1. The first-order valence-electron chi connectivity index (χ1n) is 5.18. The number of alkyl halides is 3. The van der Waals surface area contributed by atoms with Crippen LogP contribution in [0.25, 0.3) is 11.1 Å². The van der Waals surface area contributed by atoms with Gasteiger partial charge in [0.2, 0.25) is 11.1 Å². The van der Waals surface area contributed by atoms with Crippen LogP contribution in [-0.2, 0) is 10.1 Å². The molecule has 0 aliphatic heterocycles. The minimum absolute atomic E-state index is 0.0302. The van der Waals surface area contributed by atoms with Gasteiger partial charge in [0.15, 0.2) is 15.1 Å². The summed E-state index contributed by atoms with van der Waals surface area (Å²) in [6.07, 6.45) is 1.32. The average molecular weight is 346 g/mol. The van der Waals surface area contributed by atoms with Crippen molar-refractivity contribution >= 4 is 21.9 Å². The fourth-order valence-electron chi connectivity index (χ4n) is 0.971. The Kier molecular flexibility index (Phi) is 6.69. The highest BCUT2D eigenvalue weighted by molar-refractivity contribution is 7.86. The number of allylic oxidation sites excluding steroid dienone is 1. The Morgan fingerprint density at radius 2 is 1.78 bits per heavy atom. The molecule has 8 nitrogen and oxygen atoms in total. The van der Waals surface area contributed by atoms with Gasteiger partial charge in [-0.05, 0) is 23.8 Å². The van der Waals surface area contributed by atoms with Gasteiger partial charge in [0.1, 0.15) is 17.7 Å². The quantitative estimate of drug-likeness (QED) is 0.354. The number of aromatic hydroxyl groups is 1. The second kappa shape index (κ2) is 7.75.